The van der Waals surface area contributed by atoms with Crippen LogP contribution in [0.1, 0.15) is 30.9 Å². The van der Waals surface area contributed by atoms with Gasteiger partial charge in [0.25, 0.3) is 0 Å². The number of Topliss-reactive ketones (excluding diaryl/α,β-unsaturated/α-hetero) is 1. The Morgan fingerprint density at radius 1 is 1.25 bits per heavy atom. The van der Waals surface area contributed by atoms with Gasteiger partial charge in [0, 0.05) is 6.42 Å². The molecule has 0 amide bonds. The van der Waals surface area contributed by atoms with Crippen LogP contribution < -0.4 is 5.32 Å². The first-order valence-corrected chi connectivity index (χ1v) is 6.00. The van der Waals surface area contributed by atoms with E-state index in [2.05, 4.69) is 36.5 Å². The van der Waals surface area contributed by atoms with E-state index in [-0.39, 0.29) is 0 Å². The highest BCUT2D eigenvalue weighted by atomic mass is 16.1. The van der Waals surface area contributed by atoms with Crippen molar-refractivity contribution < 1.29 is 4.79 Å². The number of likely N-dealkylation sites (N-methyl/N-ethyl adjacent to an activating group) is 1. The summed E-state index contributed by atoms with van der Waals surface area (Å²) in [6.07, 6.45) is 2.63. The maximum atomic E-state index is 11.4. The van der Waals surface area contributed by atoms with Crippen LogP contribution in [-0.4, -0.2) is 18.9 Å². The molecule has 0 aromatic heterocycles. The van der Waals surface area contributed by atoms with Crippen molar-refractivity contribution in [1.82, 2.24) is 5.32 Å². The normalized spacial score (nSPS) is 10.4. The minimum atomic E-state index is 0.314. The first-order chi connectivity index (χ1) is 7.72. The Balaban J connectivity index is 2.20. The zero-order valence-electron chi connectivity index (χ0n) is 10.3. The fourth-order valence-electron chi connectivity index (χ4n) is 1.60. The van der Waals surface area contributed by atoms with Gasteiger partial charge in [-0.2, -0.15) is 0 Å². The summed E-state index contributed by atoms with van der Waals surface area (Å²) in [5, 5.41) is 3.05. The van der Waals surface area contributed by atoms with Gasteiger partial charge in [0.2, 0.25) is 0 Å². The Kier molecular flexibility index (Phi) is 5.79. The third-order valence-corrected chi connectivity index (χ3v) is 2.61. The first-order valence-electron chi connectivity index (χ1n) is 6.00. The standard InChI is InChI=1S/C14H21NO/c1-3-15-11-14(16)6-4-5-13-9-7-12(2)8-10-13/h7-10,15H,3-6,11H2,1-2H3. The van der Waals surface area contributed by atoms with E-state index in [9.17, 15) is 4.79 Å². The summed E-state index contributed by atoms with van der Waals surface area (Å²) < 4.78 is 0. The van der Waals surface area contributed by atoms with Crippen LogP contribution in [0.3, 0.4) is 0 Å². The van der Waals surface area contributed by atoms with Gasteiger partial charge in [-0.1, -0.05) is 36.8 Å². The predicted octanol–water partition coefficient (Wildman–Crippen LogP) is 2.50. The Bertz CT molecular complexity index is 316. The van der Waals surface area contributed by atoms with Crippen LogP contribution in [0.15, 0.2) is 24.3 Å². The Labute approximate surface area is 98.1 Å². The highest BCUT2D eigenvalue weighted by Gasteiger charge is 2.00. The highest BCUT2D eigenvalue weighted by molar-refractivity contribution is 5.80. The number of nitrogens with one attached hydrogen (secondary N) is 1. The number of carbonyl (C=O) groups is 1. The summed E-state index contributed by atoms with van der Waals surface area (Å²) >= 11 is 0. The van der Waals surface area contributed by atoms with Crippen LogP contribution in [0, 0.1) is 6.92 Å². The minimum Gasteiger partial charge on any atom is -0.310 e. The van der Waals surface area contributed by atoms with E-state index >= 15 is 0 Å². The van der Waals surface area contributed by atoms with Crippen molar-refractivity contribution in [2.75, 3.05) is 13.1 Å². The lowest BCUT2D eigenvalue weighted by molar-refractivity contribution is -0.118. The molecule has 0 unspecified atom stereocenters. The second-order valence-electron chi connectivity index (χ2n) is 4.16. The molecule has 2 nitrogen and oxygen atoms in total. The largest absolute Gasteiger partial charge is 0.310 e. The topological polar surface area (TPSA) is 29.1 Å². The number of aryl methyl sites for hydroxylation is 2. The lowest BCUT2D eigenvalue weighted by atomic mass is 10.1. The third kappa shape index (κ3) is 5.08. The molecule has 1 N–H and O–H groups in total. The van der Waals surface area contributed by atoms with Gasteiger partial charge in [0.05, 0.1) is 6.54 Å². The Morgan fingerprint density at radius 3 is 2.56 bits per heavy atom. The van der Waals surface area contributed by atoms with Crippen LogP contribution >= 0.6 is 0 Å². The molecule has 0 radical (unpaired) electrons. The molecule has 2 heteroatoms. The molecule has 1 aromatic carbocycles. The van der Waals surface area contributed by atoms with Crippen molar-refractivity contribution in [3.8, 4) is 0 Å². The summed E-state index contributed by atoms with van der Waals surface area (Å²) in [5.74, 6) is 0.314. The van der Waals surface area contributed by atoms with Crippen molar-refractivity contribution in [2.45, 2.75) is 33.1 Å². The Morgan fingerprint density at radius 2 is 1.94 bits per heavy atom. The second-order valence-corrected chi connectivity index (χ2v) is 4.16. The van der Waals surface area contributed by atoms with Crippen molar-refractivity contribution in [3.63, 3.8) is 0 Å². The minimum absolute atomic E-state index is 0.314. The van der Waals surface area contributed by atoms with Crippen LogP contribution in [-0.2, 0) is 11.2 Å². The highest BCUT2D eigenvalue weighted by Crippen LogP contribution is 2.07. The number of hydrogen-bond acceptors (Lipinski definition) is 2. The smallest absolute Gasteiger partial charge is 0.146 e. The monoisotopic (exact) mass is 219 g/mol. The fraction of sp³-hybridized carbons (Fsp3) is 0.500. The molecule has 0 heterocycles. The molecule has 0 atom stereocenters. The first kappa shape index (κ1) is 12.9. The molecule has 0 bridgehead atoms. The number of rotatable bonds is 7. The zero-order chi connectivity index (χ0) is 11.8. The predicted molar refractivity (Wildman–Crippen MR) is 67.7 cm³/mol. The summed E-state index contributed by atoms with van der Waals surface area (Å²) in [6.45, 7) is 5.48. The molecule has 0 saturated heterocycles. The van der Waals surface area contributed by atoms with E-state index in [1.165, 1.54) is 11.1 Å². The van der Waals surface area contributed by atoms with E-state index < -0.39 is 0 Å². The summed E-state index contributed by atoms with van der Waals surface area (Å²) in [5.41, 5.74) is 2.61. The SMILES string of the molecule is CCNCC(=O)CCCc1ccc(C)cc1. The van der Waals surface area contributed by atoms with Gasteiger partial charge in [-0.05, 0) is 31.9 Å². The molecule has 88 valence electrons. The lowest BCUT2D eigenvalue weighted by Crippen LogP contribution is -2.22. The molecule has 0 aliphatic carbocycles. The van der Waals surface area contributed by atoms with E-state index in [1.54, 1.807) is 0 Å². The van der Waals surface area contributed by atoms with Crippen LogP contribution in [0.2, 0.25) is 0 Å². The van der Waals surface area contributed by atoms with Gasteiger partial charge >= 0.3 is 0 Å². The molecule has 0 saturated carbocycles. The third-order valence-electron chi connectivity index (χ3n) is 2.61. The number of ketones is 1. The van der Waals surface area contributed by atoms with E-state index in [0.29, 0.717) is 18.7 Å². The fourth-order valence-corrected chi connectivity index (χ4v) is 1.60. The van der Waals surface area contributed by atoms with Crippen LogP contribution in [0.25, 0.3) is 0 Å². The van der Waals surface area contributed by atoms with E-state index in [4.69, 9.17) is 0 Å². The van der Waals surface area contributed by atoms with Gasteiger partial charge < -0.3 is 5.32 Å². The van der Waals surface area contributed by atoms with Crippen molar-refractivity contribution >= 4 is 5.78 Å². The van der Waals surface area contributed by atoms with E-state index in [0.717, 1.165) is 19.4 Å². The van der Waals surface area contributed by atoms with Crippen molar-refractivity contribution in [2.24, 2.45) is 0 Å². The quantitative estimate of drug-likeness (QED) is 0.763. The maximum Gasteiger partial charge on any atom is 0.146 e. The molecule has 1 aromatic rings. The zero-order valence-corrected chi connectivity index (χ0v) is 10.3. The average Bonchev–Trinajstić information content (AvgIpc) is 2.29. The molecule has 1 rings (SSSR count). The van der Waals surface area contributed by atoms with Crippen molar-refractivity contribution in [1.29, 1.82) is 0 Å². The summed E-state index contributed by atoms with van der Waals surface area (Å²) in [6, 6.07) is 8.53. The van der Waals surface area contributed by atoms with Gasteiger partial charge in [-0.25, -0.2) is 0 Å². The van der Waals surface area contributed by atoms with Crippen molar-refractivity contribution in [3.05, 3.63) is 35.4 Å². The number of benzene rings is 1. The summed E-state index contributed by atoms with van der Waals surface area (Å²) in [4.78, 5) is 11.4. The lowest BCUT2D eigenvalue weighted by Gasteiger charge is -2.03. The van der Waals surface area contributed by atoms with Gasteiger partial charge in [0.15, 0.2) is 0 Å². The molecular formula is C14H21NO. The number of hydrogen-bond donors (Lipinski definition) is 1. The van der Waals surface area contributed by atoms with Crippen LogP contribution in [0.5, 0.6) is 0 Å². The summed E-state index contributed by atoms with van der Waals surface area (Å²) in [7, 11) is 0. The molecule has 0 spiro atoms. The second kappa shape index (κ2) is 7.18. The van der Waals surface area contributed by atoms with Gasteiger partial charge in [-0.15, -0.1) is 0 Å². The molecular weight excluding hydrogens is 198 g/mol. The molecule has 16 heavy (non-hydrogen) atoms. The molecule has 0 fully saturated rings. The molecule has 0 aliphatic rings. The maximum absolute atomic E-state index is 11.4. The molecule has 0 aliphatic heterocycles. The van der Waals surface area contributed by atoms with E-state index in [1.807, 2.05) is 6.92 Å². The number of carbonyl (C=O) groups excluding carboxylic acids is 1. The van der Waals surface area contributed by atoms with Gasteiger partial charge in [-0.3, -0.25) is 4.79 Å². The average molecular weight is 219 g/mol. The van der Waals surface area contributed by atoms with Crippen LogP contribution in [0.4, 0.5) is 0 Å². The van der Waals surface area contributed by atoms with Gasteiger partial charge in [0.1, 0.15) is 5.78 Å². The Hall–Kier alpha value is -1.15.